The SMILES string of the molecule is CCOC(=O)C(c1cc(Br)ccc1OC)N1CCNCC1. The molecule has 1 saturated heterocycles. The van der Waals surface area contributed by atoms with Gasteiger partial charge in [-0.3, -0.25) is 4.90 Å². The second-order valence-electron chi connectivity index (χ2n) is 4.83. The number of nitrogens with zero attached hydrogens (tertiary/aromatic N) is 1. The first-order valence-electron chi connectivity index (χ1n) is 7.12. The zero-order chi connectivity index (χ0) is 15.2. The van der Waals surface area contributed by atoms with Gasteiger partial charge in [-0.05, 0) is 25.1 Å². The van der Waals surface area contributed by atoms with Gasteiger partial charge in [-0.2, -0.15) is 0 Å². The zero-order valence-corrected chi connectivity index (χ0v) is 14.0. The molecule has 2 rings (SSSR count). The average molecular weight is 357 g/mol. The molecule has 0 bridgehead atoms. The molecule has 0 aromatic heterocycles. The molecule has 0 saturated carbocycles. The second-order valence-corrected chi connectivity index (χ2v) is 5.74. The third-order valence-electron chi connectivity index (χ3n) is 3.51. The van der Waals surface area contributed by atoms with Crippen molar-refractivity contribution in [1.82, 2.24) is 10.2 Å². The topological polar surface area (TPSA) is 50.8 Å². The molecular weight excluding hydrogens is 336 g/mol. The van der Waals surface area contributed by atoms with Gasteiger partial charge in [-0.1, -0.05) is 15.9 Å². The Kier molecular flexibility index (Phi) is 6.02. The molecule has 1 fully saturated rings. The van der Waals surface area contributed by atoms with Crippen LogP contribution >= 0.6 is 15.9 Å². The molecule has 6 heteroatoms. The summed E-state index contributed by atoms with van der Waals surface area (Å²) in [6.45, 7) is 5.54. The number of hydrogen-bond donors (Lipinski definition) is 1. The minimum atomic E-state index is -0.431. The van der Waals surface area contributed by atoms with E-state index in [1.807, 2.05) is 25.1 Å². The van der Waals surface area contributed by atoms with Crippen LogP contribution in [-0.4, -0.2) is 50.8 Å². The van der Waals surface area contributed by atoms with Crippen LogP contribution in [0.25, 0.3) is 0 Å². The summed E-state index contributed by atoms with van der Waals surface area (Å²) in [4.78, 5) is 14.6. The Morgan fingerprint density at radius 3 is 2.76 bits per heavy atom. The summed E-state index contributed by atoms with van der Waals surface area (Å²) in [7, 11) is 1.62. The fourth-order valence-corrected chi connectivity index (χ4v) is 2.93. The van der Waals surface area contributed by atoms with E-state index in [4.69, 9.17) is 9.47 Å². The van der Waals surface area contributed by atoms with Gasteiger partial charge < -0.3 is 14.8 Å². The lowest BCUT2D eigenvalue weighted by Gasteiger charge is -2.34. The van der Waals surface area contributed by atoms with Crippen molar-refractivity contribution in [2.75, 3.05) is 39.9 Å². The molecule has 1 aliphatic heterocycles. The van der Waals surface area contributed by atoms with E-state index in [1.165, 1.54) is 0 Å². The van der Waals surface area contributed by atoms with Gasteiger partial charge in [-0.15, -0.1) is 0 Å². The Hall–Kier alpha value is -1.11. The Morgan fingerprint density at radius 1 is 1.43 bits per heavy atom. The maximum atomic E-state index is 12.5. The highest BCUT2D eigenvalue weighted by Crippen LogP contribution is 2.33. The number of esters is 1. The van der Waals surface area contributed by atoms with Gasteiger partial charge in [0.2, 0.25) is 0 Å². The predicted octanol–water partition coefficient (Wildman–Crippen LogP) is 1.97. The number of methoxy groups -OCH3 is 1. The standard InChI is InChI=1S/C15H21BrN2O3/c1-3-21-15(19)14(18-8-6-17-7-9-18)12-10-11(16)4-5-13(12)20-2/h4-5,10,14,17H,3,6-9H2,1-2H3. The maximum Gasteiger partial charge on any atom is 0.328 e. The van der Waals surface area contributed by atoms with E-state index in [9.17, 15) is 4.79 Å². The van der Waals surface area contributed by atoms with Gasteiger partial charge in [0.05, 0.1) is 13.7 Å². The van der Waals surface area contributed by atoms with Crippen molar-refractivity contribution < 1.29 is 14.3 Å². The molecule has 1 aromatic rings. The van der Waals surface area contributed by atoms with Crippen molar-refractivity contribution in [3.8, 4) is 5.75 Å². The summed E-state index contributed by atoms with van der Waals surface area (Å²) in [5.41, 5.74) is 0.840. The van der Waals surface area contributed by atoms with E-state index in [1.54, 1.807) is 7.11 Å². The minimum absolute atomic E-state index is 0.226. The molecule has 0 amide bonds. The fraction of sp³-hybridized carbons (Fsp3) is 0.533. The fourth-order valence-electron chi connectivity index (χ4n) is 2.55. The van der Waals surface area contributed by atoms with Gasteiger partial charge in [-0.25, -0.2) is 4.79 Å². The highest BCUT2D eigenvalue weighted by atomic mass is 79.9. The monoisotopic (exact) mass is 356 g/mol. The lowest BCUT2D eigenvalue weighted by atomic mass is 10.0. The van der Waals surface area contributed by atoms with Crippen LogP contribution in [0, 0.1) is 0 Å². The molecule has 116 valence electrons. The Balaban J connectivity index is 2.38. The average Bonchev–Trinajstić information content (AvgIpc) is 2.49. The van der Waals surface area contributed by atoms with Crippen LogP contribution in [0.1, 0.15) is 18.5 Å². The molecule has 0 radical (unpaired) electrons. The molecule has 1 N–H and O–H groups in total. The summed E-state index contributed by atoms with van der Waals surface area (Å²) < 4.78 is 11.6. The van der Waals surface area contributed by atoms with E-state index in [0.717, 1.165) is 36.2 Å². The van der Waals surface area contributed by atoms with Crippen LogP contribution in [0.5, 0.6) is 5.75 Å². The Labute approximate surface area is 133 Å². The highest BCUT2D eigenvalue weighted by molar-refractivity contribution is 9.10. The number of halogens is 1. The Bertz CT molecular complexity index is 490. The van der Waals surface area contributed by atoms with Crippen LogP contribution in [0.15, 0.2) is 22.7 Å². The molecule has 1 heterocycles. The number of nitrogens with one attached hydrogen (secondary N) is 1. The number of piperazine rings is 1. The van der Waals surface area contributed by atoms with E-state index >= 15 is 0 Å². The Morgan fingerprint density at radius 2 is 2.14 bits per heavy atom. The van der Waals surface area contributed by atoms with Gasteiger partial charge in [0.1, 0.15) is 11.8 Å². The molecule has 1 atom stereocenters. The smallest absolute Gasteiger partial charge is 0.328 e. The number of hydrogen-bond acceptors (Lipinski definition) is 5. The number of rotatable bonds is 5. The molecule has 0 spiro atoms. The molecule has 5 nitrogen and oxygen atoms in total. The van der Waals surface area contributed by atoms with Crippen molar-refractivity contribution in [3.05, 3.63) is 28.2 Å². The van der Waals surface area contributed by atoms with Crippen LogP contribution in [0.4, 0.5) is 0 Å². The van der Waals surface area contributed by atoms with E-state index in [2.05, 4.69) is 26.1 Å². The van der Waals surface area contributed by atoms with Crippen molar-refractivity contribution in [1.29, 1.82) is 0 Å². The summed E-state index contributed by atoms with van der Waals surface area (Å²) >= 11 is 3.47. The highest BCUT2D eigenvalue weighted by Gasteiger charge is 2.32. The van der Waals surface area contributed by atoms with Gasteiger partial charge in [0.15, 0.2) is 0 Å². The van der Waals surface area contributed by atoms with Crippen molar-refractivity contribution >= 4 is 21.9 Å². The van der Waals surface area contributed by atoms with Crippen LogP contribution in [0.2, 0.25) is 0 Å². The molecular formula is C15H21BrN2O3. The van der Waals surface area contributed by atoms with Crippen molar-refractivity contribution in [2.45, 2.75) is 13.0 Å². The summed E-state index contributed by atoms with van der Waals surface area (Å²) in [6.07, 6.45) is 0. The largest absolute Gasteiger partial charge is 0.496 e. The molecule has 0 aliphatic carbocycles. The molecule has 1 aliphatic rings. The molecule has 1 aromatic carbocycles. The summed E-state index contributed by atoms with van der Waals surface area (Å²) in [6, 6.07) is 5.28. The van der Waals surface area contributed by atoms with E-state index in [-0.39, 0.29) is 5.97 Å². The quantitative estimate of drug-likeness (QED) is 0.817. The van der Waals surface area contributed by atoms with Gasteiger partial charge >= 0.3 is 5.97 Å². The maximum absolute atomic E-state index is 12.5. The van der Waals surface area contributed by atoms with E-state index in [0.29, 0.717) is 12.4 Å². The van der Waals surface area contributed by atoms with Crippen molar-refractivity contribution in [3.63, 3.8) is 0 Å². The predicted molar refractivity (Wildman–Crippen MR) is 84.5 cm³/mol. The number of benzene rings is 1. The molecule has 21 heavy (non-hydrogen) atoms. The first kappa shape index (κ1) is 16.3. The van der Waals surface area contributed by atoms with Crippen LogP contribution < -0.4 is 10.1 Å². The third kappa shape index (κ3) is 3.96. The van der Waals surface area contributed by atoms with Gasteiger partial charge in [0, 0.05) is 36.2 Å². The lowest BCUT2D eigenvalue weighted by Crippen LogP contribution is -2.47. The summed E-state index contributed by atoms with van der Waals surface area (Å²) in [5.74, 6) is 0.477. The van der Waals surface area contributed by atoms with E-state index < -0.39 is 6.04 Å². The number of carbonyl (C=O) groups excluding carboxylic acids is 1. The number of carbonyl (C=O) groups is 1. The third-order valence-corrected chi connectivity index (χ3v) is 4.01. The van der Waals surface area contributed by atoms with Crippen LogP contribution in [-0.2, 0) is 9.53 Å². The zero-order valence-electron chi connectivity index (χ0n) is 12.4. The second kappa shape index (κ2) is 7.77. The number of ether oxygens (including phenoxy) is 2. The van der Waals surface area contributed by atoms with Gasteiger partial charge in [0.25, 0.3) is 0 Å². The lowest BCUT2D eigenvalue weighted by molar-refractivity contribution is -0.150. The summed E-state index contributed by atoms with van der Waals surface area (Å²) in [5, 5.41) is 3.30. The minimum Gasteiger partial charge on any atom is -0.496 e. The normalized spacial score (nSPS) is 17.3. The first-order chi connectivity index (χ1) is 10.2. The van der Waals surface area contributed by atoms with Crippen LogP contribution in [0.3, 0.4) is 0 Å². The van der Waals surface area contributed by atoms with Crippen molar-refractivity contribution in [2.24, 2.45) is 0 Å². The molecule has 1 unspecified atom stereocenters. The first-order valence-corrected chi connectivity index (χ1v) is 7.91.